The van der Waals surface area contributed by atoms with E-state index in [9.17, 15) is 0 Å². The van der Waals surface area contributed by atoms with Crippen LogP contribution >= 0.6 is 0 Å². The Morgan fingerprint density at radius 2 is 1.04 bits per heavy atom. The average molecular weight is 371 g/mol. The van der Waals surface area contributed by atoms with E-state index in [0.717, 1.165) is 24.3 Å². The van der Waals surface area contributed by atoms with Crippen LogP contribution in [0.4, 0.5) is 0 Å². The van der Waals surface area contributed by atoms with Crippen LogP contribution in [0.1, 0.15) is 115 Å². The molecule has 0 saturated heterocycles. The molecule has 1 heteroatoms. The van der Waals surface area contributed by atoms with Gasteiger partial charge in [-0.25, -0.2) is 0 Å². The summed E-state index contributed by atoms with van der Waals surface area (Å²) in [6, 6.07) is 7.79. The van der Waals surface area contributed by atoms with Crippen molar-refractivity contribution in [3.63, 3.8) is 0 Å². The number of ether oxygens (including phenoxy) is 1. The standard InChI is InChI=1S/C26H42O/c1-3-5-6-7-8-9-10-11-12-13-14-15-16-17-18-19-24-27-26-22-20-25(4-2)21-23-26/h2,20-23H,3,5-19,24H2,1H3. The number of unbranched alkanes of at least 4 members (excludes halogenated alkanes) is 15. The number of terminal acetylenes is 1. The molecule has 1 nitrogen and oxygen atoms in total. The van der Waals surface area contributed by atoms with Gasteiger partial charge in [0.15, 0.2) is 0 Å². The summed E-state index contributed by atoms with van der Waals surface area (Å²) in [5, 5.41) is 0. The van der Waals surface area contributed by atoms with E-state index in [-0.39, 0.29) is 0 Å². The monoisotopic (exact) mass is 370 g/mol. The second-order valence-electron chi connectivity index (χ2n) is 7.82. The lowest BCUT2D eigenvalue weighted by Crippen LogP contribution is -1.97. The lowest BCUT2D eigenvalue weighted by molar-refractivity contribution is 0.304. The van der Waals surface area contributed by atoms with Crippen molar-refractivity contribution < 1.29 is 4.74 Å². The van der Waals surface area contributed by atoms with Gasteiger partial charge in [-0.05, 0) is 30.7 Å². The van der Waals surface area contributed by atoms with Crippen molar-refractivity contribution in [2.45, 2.75) is 110 Å². The predicted molar refractivity (Wildman–Crippen MR) is 119 cm³/mol. The molecular weight excluding hydrogens is 328 g/mol. The van der Waals surface area contributed by atoms with Gasteiger partial charge in [0.05, 0.1) is 6.61 Å². The SMILES string of the molecule is C#Cc1ccc(OCCCCCCCCCCCCCCCCCC)cc1. The van der Waals surface area contributed by atoms with Gasteiger partial charge in [-0.15, -0.1) is 6.42 Å². The first-order valence-corrected chi connectivity index (χ1v) is 11.6. The minimum atomic E-state index is 0.813. The largest absolute Gasteiger partial charge is 0.494 e. The van der Waals surface area contributed by atoms with E-state index in [1.54, 1.807) is 0 Å². The molecule has 0 aromatic heterocycles. The van der Waals surface area contributed by atoms with Gasteiger partial charge in [-0.2, -0.15) is 0 Å². The van der Waals surface area contributed by atoms with Crippen molar-refractivity contribution in [1.29, 1.82) is 0 Å². The Labute approximate surface area is 169 Å². The smallest absolute Gasteiger partial charge is 0.119 e. The second kappa shape index (κ2) is 18.0. The molecule has 1 rings (SSSR count). The minimum absolute atomic E-state index is 0.813. The molecule has 0 N–H and O–H groups in total. The first-order chi connectivity index (χ1) is 13.4. The van der Waals surface area contributed by atoms with Crippen LogP contribution in [0.15, 0.2) is 24.3 Å². The topological polar surface area (TPSA) is 9.23 Å². The minimum Gasteiger partial charge on any atom is -0.494 e. The van der Waals surface area contributed by atoms with Gasteiger partial charge in [-0.3, -0.25) is 0 Å². The Morgan fingerprint density at radius 1 is 0.630 bits per heavy atom. The molecule has 0 aliphatic carbocycles. The number of benzene rings is 1. The van der Waals surface area contributed by atoms with E-state index in [2.05, 4.69) is 12.8 Å². The van der Waals surface area contributed by atoms with Crippen molar-refractivity contribution in [3.05, 3.63) is 29.8 Å². The zero-order valence-electron chi connectivity index (χ0n) is 17.8. The van der Waals surface area contributed by atoms with Crippen LogP contribution in [0.3, 0.4) is 0 Å². The summed E-state index contributed by atoms with van der Waals surface area (Å²) in [6.45, 7) is 3.10. The van der Waals surface area contributed by atoms with E-state index in [4.69, 9.17) is 11.2 Å². The lowest BCUT2D eigenvalue weighted by atomic mass is 10.0. The van der Waals surface area contributed by atoms with Crippen LogP contribution in [-0.2, 0) is 0 Å². The first-order valence-electron chi connectivity index (χ1n) is 11.6. The Morgan fingerprint density at radius 3 is 1.44 bits per heavy atom. The Balaban J connectivity index is 1.76. The molecule has 0 radical (unpaired) electrons. The molecule has 0 atom stereocenters. The molecule has 0 fully saturated rings. The van der Waals surface area contributed by atoms with Gasteiger partial charge in [0.1, 0.15) is 5.75 Å². The summed E-state index contributed by atoms with van der Waals surface area (Å²) in [6.07, 6.45) is 27.7. The van der Waals surface area contributed by atoms with Crippen molar-refractivity contribution in [2.75, 3.05) is 6.61 Å². The molecule has 1 aromatic rings. The first kappa shape index (κ1) is 23.6. The summed E-state index contributed by atoms with van der Waals surface area (Å²) in [4.78, 5) is 0. The zero-order chi connectivity index (χ0) is 19.4. The third-order valence-corrected chi connectivity index (χ3v) is 5.29. The highest BCUT2D eigenvalue weighted by Crippen LogP contribution is 2.15. The van der Waals surface area contributed by atoms with E-state index in [0.29, 0.717) is 0 Å². The maximum absolute atomic E-state index is 5.76. The molecular formula is C26H42O. The molecule has 0 aliphatic rings. The molecule has 27 heavy (non-hydrogen) atoms. The highest BCUT2D eigenvalue weighted by Gasteiger charge is 1.96. The summed E-state index contributed by atoms with van der Waals surface area (Å²) in [5.74, 6) is 3.55. The molecule has 0 aliphatic heterocycles. The van der Waals surface area contributed by atoms with Gasteiger partial charge in [0.2, 0.25) is 0 Å². The molecule has 1 aromatic carbocycles. The summed E-state index contributed by atoms with van der Waals surface area (Å²) in [5.41, 5.74) is 0.907. The quantitative estimate of drug-likeness (QED) is 0.186. The van der Waals surface area contributed by atoms with Crippen LogP contribution in [-0.4, -0.2) is 6.61 Å². The summed E-state index contributed by atoms with van der Waals surface area (Å²) >= 11 is 0. The van der Waals surface area contributed by atoms with E-state index in [1.165, 1.54) is 96.3 Å². The fraction of sp³-hybridized carbons (Fsp3) is 0.692. The van der Waals surface area contributed by atoms with Gasteiger partial charge in [0, 0.05) is 5.56 Å². The third kappa shape index (κ3) is 14.3. The molecule has 0 saturated carbocycles. The Bertz CT molecular complexity index is 468. The molecule has 0 heterocycles. The summed E-state index contributed by atoms with van der Waals surface area (Å²) < 4.78 is 5.76. The fourth-order valence-corrected chi connectivity index (χ4v) is 3.49. The molecule has 0 amide bonds. The van der Waals surface area contributed by atoms with Crippen molar-refractivity contribution in [3.8, 4) is 18.1 Å². The molecule has 152 valence electrons. The second-order valence-corrected chi connectivity index (χ2v) is 7.82. The fourth-order valence-electron chi connectivity index (χ4n) is 3.49. The van der Waals surface area contributed by atoms with Gasteiger partial charge >= 0.3 is 0 Å². The Kier molecular flexibility index (Phi) is 15.7. The maximum atomic E-state index is 5.76. The van der Waals surface area contributed by atoms with Gasteiger partial charge in [0.25, 0.3) is 0 Å². The van der Waals surface area contributed by atoms with E-state index in [1.807, 2.05) is 24.3 Å². The summed E-state index contributed by atoms with van der Waals surface area (Å²) in [7, 11) is 0. The van der Waals surface area contributed by atoms with Crippen molar-refractivity contribution in [2.24, 2.45) is 0 Å². The maximum Gasteiger partial charge on any atom is 0.119 e. The highest BCUT2D eigenvalue weighted by atomic mass is 16.5. The number of rotatable bonds is 18. The number of hydrogen-bond donors (Lipinski definition) is 0. The van der Waals surface area contributed by atoms with Crippen LogP contribution in [0.2, 0.25) is 0 Å². The Hall–Kier alpha value is -1.42. The van der Waals surface area contributed by atoms with Crippen LogP contribution in [0.25, 0.3) is 0 Å². The predicted octanol–water partition coefficient (Wildman–Crippen LogP) is 8.31. The third-order valence-electron chi connectivity index (χ3n) is 5.29. The van der Waals surface area contributed by atoms with Crippen molar-refractivity contribution >= 4 is 0 Å². The molecule has 0 spiro atoms. The van der Waals surface area contributed by atoms with Gasteiger partial charge < -0.3 is 4.74 Å². The van der Waals surface area contributed by atoms with Gasteiger partial charge in [-0.1, -0.05) is 109 Å². The van der Waals surface area contributed by atoms with E-state index < -0.39 is 0 Å². The normalized spacial score (nSPS) is 10.7. The van der Waals surface area contributed by atoms with Crippen LogP contribution in [0.5, 0.6) is 5.75 Å². The van der Waals surface area contributed by atoms with Crippen LogP contribution in [0, 0.1) is 12.3 Å². The van der Waals surface area contributed by atoms with E-state index >= 15 is 0 Å². The zero-order valence-corrected chi connectivity index (χ0v) is 17.8. The number of hydrogen-bond acceptors (Lipinski definition) is 1. The average Bonchev–Trinajstić information content (AvgIpc) is 2.70. The molecule has 0 unspecified atom stereocenters. The highest BCUT2D eigenvalue weighted by molar-refractivity contribution is 5.36. The lowest BCUT2D eigenvalue weighted by Gasteiger charge is -2.06. The van der Waals surface area contributed by atoms with Crippen LogP contribution < -0.4 is 4.74 Å². The molecule has 0 bridgehead atoms. The van der Waals surface area contributed by atoms with Crippen molar-refractivity contribution in [1.82, 2.24) is 0 Å².